The number of thioether (sulfide) groups is 1. The van der Waals surface area contributed by atoms with E-state index in [0.29, 0.717) is 37.1 Å². The van der Waals surface area contributed by atoms with Crippen molar-refractivity contribution in [3.05, 3.63) is 29.8 Å². The largest absolute Gasteiger partial charge is 0.508 e. The molecule has 4 atom stereocenters. The lowest BCUT2D eigenvalue weighted by atomic mass is 10.0. The number of aromatic hydroxyl groups is 1. The Balaban J connectivity index is 2.85. The first-order valence-corrected chi connectivity index (χ1v) is 13.0. The molecule has 10 N–H and O–H groups in total. The van der Waals surface area contributed by atoms with E-state index >= 15 is 0 Å². The van der Waals surface area contributed by atoms with Gasteiger partial charge in [-0.05, 0) is 61.9 Å². The van der Waals surface area contributed by atoms with E-state index in [2.05, 4.69) is 16.0 Å². The van der Waals surface area contributed by atoms with Gasteiger partial charge in [0.25, 0.3) is 0 Å². The first-order chi connectivity index (χ1) is 17.1. The van der Waals surface area contributed by atoms with E-state index in [-0.39, 0.29) is 18.6 Å². The van der Waals surface area contributed by atoms with Crippen molar-refractivity contribution in [1.82, 2.24) is 16.0 Å². The zero-order valence-electron chi connectivity index (χ0n) is 20.3. The molecule has 3 amide bonds. The van der Waals surface area contributed by atoms with Gasteiger partial charge in [0, 0.05) is 6.42 Å². The molecule has 0 saturated heterocycles. The molecule has 13 heteroatoms. The van der Waals surface area contributed by atoms with Gasteiger partial charge >= 0.3 is 5.97 Å². The predicted octanol–water partition coefficient (Wildman–Crippen LogP) is -1.32. The SMILES string of the molecule is CSCCC(N)C(=O)NC(CCCCN)C(=O)NC(CO)C(=O)NC(Cc1ccc(O)cc1)C(=O)O. The number of aliphatic hydroxyl groups is 1. The van der Waals surface area contributed by atoms with Gasteiger partial charge in [-0.1, -0.05) is 12.1 Å². The second kappa shape index (κ2) is 16.7. The predicted molar refractivity (Wildman–Crippen MR) is 136 cm³/mol. The van der Waals surface area contributed by atoms with Crippen molar-refractivity contribution in [3.8, 4) is 5.75 Å². The van der Waals surface area contributed by atoms with E-state index in [1.54, 1.807) is 0 Å². The number of carbonyl (C=O) groups is 4. The molecule has 0 aliphatic rings. The van der Waals surface area contributed by atoms with Gasteiger partial charge in [-0.2, -0.15) is 11.8 Å². The van der Waals surface area contributed by atoms with Crippen molar-refractivity contribution >= 4 is 35.5 Å². The lowest BCUT2D eigenvalue weighted by Gasteiger charge is -2.24. The van der Waals surface area contributed by atoms with Crippen molar-refractivity contribution in [2.24, 2.45) is 11.5 Å². The van der Waals surface area contributed by atoms with E-state index < -0.39 is 54.5 Å². The van der Waals surface area contributed by atoms with E-state index in [1.807, 2.05) is 6.26 Å². The molecular weight excluding hydrogens is 490 g/mol. The van der Waals surface area contributed by atoms with Crippen molar-refractivity contribution < 1.29 is 34.5 Å². The summed E-state index contributed by atoms with van der Waals surface area (Å²) in [4.78, 5) is 49.7. The number of nitrogens with one attached hydrogen (secondary N) is 3. The molecule has 0 aliphatic carbocycles. The summed E-state index contributed by atoms with van der Waals surface area (Å²) in [6.45, 7) is -0.394. The number of nitrogens with two attached hydrogens (primary N) is 2. The maximum Gasteiger partial charge on any atom is 0.326 e. The van der Waals surface area contributed by atoms with E-state index in [9.17, 15) is 34.5 Å². The van der Waals surface area contributed by atoms with E-state index in [0.717, 1.165) is 0 Å². The highest BCUT2D eigenvalue weighted by atomic mass is 32.2. The van der Waals surface area contributed by atoms with Crippen molar-refractivity contribution in [1.29, 1.82) is 0 Å². The molecule has 0 aromatic heterocycles. The number of aliphatic hydroxyl groups excluding tert-OH is 1. The minimum Gasteiger partial charge on any atom is -0.508 e. The normalized spacial score (nSPS) is 14.2. The zero-order chi connectivity index (χ0) is 27.1. The van der Waals surface area contributed by atoms with E-state index in [4.69, 9.17) is 11.5 Å². The quantitative estimate of drug-likeness (QED) is 0.112. The Kier molecular flexibility index (Phi) is 14.5. The third kappa shape index (κ3) is 11.2. The Morgan fingerprint density at radius 1 is 0.917 bits per heavy atom. The molecule has 0 spiro atoms. The summed E-state index contributed by atoms with van der Waals surface area (Å²) < 4.78 is 0. The third-order valence-corrected chi connectivity index (χ3v) is 6.00. The molecule has 12 nitrogen and oxygen atoms in total. The van der Waals surface area contributed by atoms with Crippen LogP contribution in [0, 0.1) is 0 Å². The topological polar surface area (TPSA) is 217 Å². The maximum atomic E-state index is 12.9. The minimum atomic E-state index is -1.45. The molecular formula is C23H37N5O7S. The highest BCUT2D eigenvalue weighted by molar-refractivity contribution is 7.98. The molecule has 4 unspecified atom stereocenters. The summed E-state index contributed by atoms with van der Waals surface area (Å²) in [5.74, 6) is -2.76. The Hall–Kier alpha value is -2.87. The first kappa shape index (κ1) is 31.2. The number of phenols is 1. The van der Waals surface area contributed by atoms with Gasteiger partial charge in [-0.25, -0.2) is 4.79 Å². The Morgan fingerprint density at radius 3 is 2.06 bits per heavy atom. The fourth-order valence-corrected chi connectivity index (χ4v) is 3.71. The number of phenolic OH excluding ortho intramolecular Hbond substituents is 1. The summed E-state index contributed by atoms with van der Waals surface area (Å²) in [6, 6.07) is 1.19. The summed E-state index contributed by atoms with van der Waals surface area (Å²) in [6.07, 6.45) is 3.59. The van der Waals surface area contributed by atoms with Crippen LogP contribution in [0.25, 0.3) is 0 Å². The van der Waals surface area contributed by atoms with Crippen molar-refractivity contribution in [3.63, 3.8) is 0 Å². The Morgan fingerprint density at radius 2 is 1.50 bits per heavy atom. The van der Waals surface area contributed by atoms with Crippen LogP contribution in [0.5, 0.6) is 5.75 Å². The average molecular weight is 528 g/mol. The van der Waals surface area contributed by atoms with Crippen LogP contribution < -0.4 is 27.4 Å². The van der Waals surface area contributed by atoms with Gasteiger partial charge in [0.05, 0.1) is 12.6 Å². The second-order valence-corrected chi connectivity index (χ2v) is 9.23. The molecule has 202 valence electrons. The molecule has 0 aliphatic heterocycles. The lowest BCUT2D eigenvalue weighted by Crippen LogP contribution is -2.58. The smallest absolute Gasteiger partial charge is 0.326 e. The fourth-order valence-electron chi connectivity index (χ4n) is 3.22. The van der Waals surface area contributed by atoms with Crippen LogP contribution in [0.1, 0.15) is 31.2 Å². The number of carboxylic acids is 1. The second-order valence-electron chi connectivity index (χ2n) is 8.25. The summed E-state index contributed by atoms with van der Waals surface area (Å²) in [5.41, 5.74) is 11.9. The summed E-state index contributed by atoms with van der Waals surface area (Å²) >= 11 is 1.53. The number of amides is 3. The number of benzene rings is 1. The molecule has 1 aromatic rings. The first-order valence-electron chi connectivity index (χ1n) is 11.6. The summed E-state index contributed by atoms with van der Waals surface area (Å²) in [7, 11) is 0. The van der Waals surface area contributed by atoms with Crippen LogP contribution in [-0.2, 0) is 25.6 Å². The van der Waals surface area contributed by atoms with Crippen LogP contribution in [0.4, 0.5) is 0 Å². The average Bonchev–Trinajstić information content (AvgIpc) is 2.85. The standard InChI is InChI=1S/C23H37N5O7S/c1-36-11-9-16(25)20(31)26-17(4-2-3-10-24)21(32)28-19(13-29)22(33)27-18(23(34)35)12-14-5-7-15(30)8-6-14/h5-8,16-19,29-30H,2-4,9-13,24-25H2,1H3,(H,26,31)(H,27,33)(H,28,32)(H,34,35). The van der Waals surface area contributed by atoms with Gasteiger partial charge in [-0.15, -0.1) is 0 Å². The maximum absolute atomic E-state index is 12.9. The van der Waals surface area contributed by atoms with Gasteiger partial charge in [0.1, 0.15) is 23.9 Å². The fraction of sp³-hybridized carbons (Fsp3) is 0.565. The van der Waals surface area contributed by atoms with Crippen LogP contribution in [0.3, 0.4) is 0 Å². The monoisotopic (exact) mass is 527 g/mol. The molecule has 0 fully saturated rings. The molecule has 1 rings (SSSR count). The summed E-state index contributed by atoms with van der Waals surface area (Å²) in [5, 5.41) is 35.9. The number of aliphatic carboxylic acids is 1. The molecule has 36 heavy (non-hydrogen) atoms. The molecule has 0 bridgehead atoms. The Bertz CT molecular complexity index is 856. The van der Waals surface area contributed by atoms with Crippen molar-refractivity contribution in [2.45, 2.75) is 56.3 Å². The van der Waals surface area contributed by atoms with Crippen LogP contribution in [0.15, 0.2) is 24.3 Å². The highest BCUT2D eigenvalue weighted by Gasteiger charge is 2.30. The van der Waals surface area contributed by atoms with Crippen molar-refractivity contribution in [2.75, 3.05) is 25.2 Å². The van der Waals surface area contributed by atoms with E-state index in [1.165, 1.54) is 36.0 Å². The highest BCUT2D eigenvalue weighted by Crippen LogP contribution is 2.12. The third-order valence-electron chi connectivity index (χ3n) is 5.36. The number of rotatable bonds is 17. The zero-order valence-corrected chi connectivity index (χ0v) is 21.1. The molecule has 0 radical (unpaired) electrons. The number of unbranched alkanes of at least 4 members (excludes halogenated alkanes) is 1. The van der Waals surface area contributed by atoms with Crippen LogP contribution in [0.2, 0.25) is 0 Å². The molecule has 0 saturated carbocycles. The van der Waals surface area contributed by atoms with Gasteiger partial charge in [-0.3, -0.25) is 14.4 Å². The number of hydrogen-bond donors (Lipinski definition) is 8. The van der Waals surface area contributed by atoms with Crippen LogP contribution >= 0.6 is 11.8 Å². The molecule has 1 aromatic carbocycles. The van der Waals surface area contributed by atoms with Gasteiger partial charge in [0.2, 0.25) is 17.7 Å². The number of carboxylic acid groups (broad SMARTS) is 1. The molecule has 0 heterocycles. The minimum absolute atomic E-state index is 0.0102. The van der Waals surface area contributed by atoms with Crippen LogP contribution in [-0.4, -0.2) is 88.3 Å². The van der Waals surface area contributed by atoms with Gasteiger partial charge in [0.15, 0.2) is 0 Å². The Labute approximate surface area is 214 Å². The number of carbonyl (C=O) groups excluding carboxylic acids is 3. The lowest BCUT2D eigenvalue weighted by molar-refractivity contribution is -0.142. The number of hydrogen-bond acceptors (Lipinski definition) is 9. The van der Waals surface area contributed by atoms with Gasteiger partial charge < -0.3 is 42.7 Å².